The normalized spacial score (nSPS) is 16.4. The van der Waals surface area contributed by atoms with Crippen molar-refractivity contribution in [3.05, 3.63) is 76.2 Å². The highest BCUT2D eigenvalue weighted by atomic mass is 35.5. The lowest BCUT2D eigenvalue weighted by atomic mass is 9.92. The molecule has 2 N–H and O–H groups in total. The number of allylic oxidation sites excluding steroid dienone is 4. The molecular formula is C20H22ClFN4O2. The average Bonchev–Trinajstić information content (AvgIpc) is 3.01. The van der Waals surface area contributed by atoms with Crippen molar-refractivity contribution in [1.29, 1.82) is 0 Å². The Kier molecular flexibility index (Phi) is 6.49. The number of rotatable bonds is 7. The number of aromatic nitrogens is 2. The lowest BCUT2D eigenvalue weighted by Crippen LogP contribution is -2.34. The summed E-state index contributed by atoms with van der Waals surface area (Å²) in [5.74, 6) is 0.114. The molecule has 28 heavy (non-hydrogen) atoms. The first-order chi connectivity index (χ1) is 13.5. The van der Waals surface area contributed by atoms with E-state index in [9.17, 15) is 9.18 Å². The van der Waals surface area contributed by atoms with Gasteiger partial charge in [-0.3, -0.25) is 9.48 Å². The minimum absolute atomic E-state index is 0.0731. The van der Waals surface area contributed by atoms with E-state index >= 15 is 0 Å². The van der Waals surface area contributed by atoms with Crippen LogP contribution in [0.1, 0.15) is 23.6 Å². The molecule has 1 heterocycles. The van der Waals surface area contributed by atoms with Gasteiger partial charge in [-0.2, -0.15) is 5.10 Å². The van der Waals surface area contributed by atoms with Crippen LogP contribution >= 0.6 is 11.6 Å². The number of nitrogens with zero attached hydrogens (tertiary/aromatic N) is 2. The molecule has 1 atom stereocenters. The van der Waals surface area contributed by atoms with E-state index in [0.717, 1.165) is 17.2 Å². The summed E-state index contributed by atoms with van der Waals surface area (Å²) in [7, 11) is 3.42. The van der Waals surface area contributed by atoms with Gasteiger partial charge in [-0.05, 0) is 18.2 Å². The second-order valence-electron chi connectivity index (χ2n) is 6.47. The number of amides is 1. The Balaban J connectivity index is 1.59. The predicted molar refractivity (Wildman–Crippen MR) is 105 cm³/mol. The quantitative estimate of drug-likeness (QED) is 0.744. The van der Waals surface area contributed by atoms with Gasteiger partial charge in [-0.15, -0.1) is 0 Å². The minimum Gasteiger partial charge on any atom is -0.500 e. The Morgan fingerprint density at radius 1 is 1.39 bits per heavy atom. The summed E-state index contributed by atoms with van der Waals surface area (Å²) in [5.41, 5.74) is 2.10. The van der Waals surface area contributed by atoms with Crippen LogP contribution in [0.3, 0.4) is 0 Å². The van der Waals surface area contributed by atoms with Crippen LogP contribution in [-0.4, -0.2) is 29.3 Å². The van der Waals surface area contributed by atoms with Crippen LogP contribution < -0.4 is 10.6 Å². The number of nitrogens with one attached hydrogen (secondary N) is 2. The van der Waals surface area contributed by atoms with E-state index in [0.29, 0.717) is 17.0 Å². The Hall–Kier alpha value is -2.64. The third-order valence-corrected chi connectivity index (χ3v) is 4.87. The van der Waals surface area contributed by atoms with Crippen molar-refractivity contribution in [3.8, 4) is 0 Å². The van der Waals surface area contributed by atoms with Crippen molar-refractivity contribution in [3.63, 3.8) is 0 Å². The van der Waals surface area contributed by atoms with E-state index in [1.807, 2.05) is 19.2 Å². The van der Waals surface area contributed by atoms with Gasteiger partial charge >= 0.3 is 0 Å². The predicted octanol–water partition coefficient (Wildman–Crippen LogP) is 3.02. The number of hydrogen-bond acceptors (Lipinski definition) is 4. The fourth-order valence-electron chi connectivity index (χ4n) is 3.21. The van der Waals surface area contributed by atoms with Crippen LogP contribution in [0.25, 0.3) is 0 Å². The first-order valence-electron chi connectivity index (χ1n) is 8.85. The molecule has 0 saturated heterocycles. The van der Waals surface area contributed by atoms with Crippen LogP contribution in [0.4, 0.5) is 4.39 Å². The molecule has 0 fully saturated rings. The van der Waals surface area contributed by atoms with Crippen LogP contribution in [0.15, 0.2) is 54.1 Å². The molecule has 8 heteroatoms. The number of halogens is 2. The second kappa shape index (κ2) is 9.03. The van der Waals surface area contributed by atoms with Crippen molar-refractivity contribution < 1.29 is 13.9 Å². The van der Waals surface area contributed by atoms with Gasteiger partial charge < -0.3 is 15.4 Å². The number of carbonyl (C=O) groups excluding carboxylic acids is 1. The van der Waals surface area contributed by atoms with Crippen LogP contribution in [0.2, 0.25) is 5.02 Å². The number of ether oxygens (including phenoxy) is 1. The van der Waals surface area contributed by atoms with Gasteiger partial charge in [0.15, 0.2) is 0 Å². The topological polar surface area (TPSA) is 68.2 Å². The Morgan fingerprint density at radius 3 is 2.86 bits per heavy atom. The zero-order valence-corrected chi connectivity index (χ0v) is 16.5. The smallest absolute Gasteiger partial charge is 0.238 e. The van der Waals surface area contributed by atoms with Gasteiger partial charge in [-0.25, -0.2) is 4.39 Å². The molecule has 0 aliphatic heterocycles. The summed E-state index contributed by atoms with van der Waals surface area (Å²) in [5, 5.41) is 10.6. The summed E-state index contributed by atoms with van der Waals surface area (Å²) < 4.78 is 20.8. The first kappa shape index (κ1) is 20.1. The molecule has 0 saturated carbocycles. The second-order valence-corrected chi connectivity index (χ2v) is 6.87. The maximum Gasteiger partial charge on any atom is 0.238 e. The third kappa shape index (κ3) is 4.61. The van der Waals surface area contributed by atoms with Crippen molar-refractivity contribution in [2.45, 2.75) is 18.9 Å². The molecule has 1 aromatic carbocycles. The van der Waals surface area contributed by atoms with Crippen LogP contribution in [0.5, 0.6) is 0 Å². The Morgan fingerprint density at radius 2 is 2.18 bits per heavy atom. The molecule has 1 amide bonds. The molecule has 1 aliphatic carbocycles. The lowest BCUT2D eigenvalue weighted by molar-refractivity contribution is -0.119. The maximum atomic E-state index is 13.6. The monoisotopic (exact) mass is 404 g/mol. The Labute approximate surface area is 168 Å². The van der Waals surface area contributed by atoms with Gasteiger partial charge in [0.05, 0.1) is 36.5 Å². The molecule has 148 valence electrons. The minimum atomic E-state index is -0.293. The van der Waals surface area contributed by atoms with E-state index in [1.54, 1.807) is 36.2 Å². The van der Waals surface area contributed by atoms with Gasteiger partial charge in [0.1, 0.15) is 11.6 Å². The van der Waals surface area contributed by atoms with E-state index in [2.05, 4.69) is 15.7 Å². The summed E-state index contributed by atoms with van der Waals surface area (Å²) in [6.45, 7) is 0.351. The van der Waals surface area contributed by atoms with Crippen molar-refractivity contribution >= 4 is 17.5 Å². The van der Waals surface area contributed by atoms with Gasteiger partial charge in [0.2, 0.25) is 5.91 Å². The standard InChI is InChI=1S/C20H22ClFN4O2/c1-26-20(16(21)11-24-26)15-9-14(7-8-18(15)28-2)25-19(27)12-23-10-13-5-3-4-6-17(13)22/h3-8,11,15,23H,9-10,12H2,1-2H3,(H,25,27). The van der Waals surface area contributed by atoms with Crippen LogP contribution in [-0.2, 0) is 23.1 Å². The number of methoxy groups -OCH3 is 1. The van der Waals surface area contributed by atoms with Gasteiger partial charge in [-0.1, -0.05) is 29.8 Å². The highest BCUT2D eigenvalue weighted by molar-refractivity contribution is 6.31. The lowest BCUT2D eigenvalue weighted by Gasteiger charge is -2.25. The van der Waals surface area contributed by atoms with E-state index in [4.69, 9.17) is 16.3 Å². The van der Waals surface area contributed by atoms with Crippen LogP contribution in [0, 0.1) is 5.82 Å². The highest BCUT2D eigenvalue weighted by Crippen LogP contribution is 2.37. The summed E-state index contributed by atoms with van der Waals surface area (Å²) in [6, 6.07) is 6.47. The highest BCUT2D eigenvalue weighted by Gasteiger charge is 2.27. The first-order valence-corrected chi connectivity index (χ1v) is 9.23. The molecule has 6 nitrogen and oxygen atoms in total. The molecule has 0 bridgehead atoms. The zero-order valence-electron chi connectivity index (χ0n) is 15.7. The number of benzene rings is 1. The number of carbonyl (C=O) groups is 1. The summed E-state index contributed by atoms with van der Waals surface area (Å²) >= 11 is 6.28. The number of aryl methyl sites for hydroxylation is 1. The van der Waals surface area contributed by atoms with Crippen molar-refractivity contribution in [2.75, 3.05) is 13.7 Å². The maximum absolute atomic E-state index is 13.6. The SMILES string of the molecule is COC1=CC=C(NC(=O)CNCc2ccccc2F)CC1c1c(Cl)cnn1C. The molecular weight excluding hydrogens is 383 g/mol. The molecule has 1 unspecified atom stereocenters. The largest absolute Gasteiger partial charge is 0.500 e. The summed E-state index contributed by atoms with van der Waals surface area (Å²) in [4.78, 5) is 12.3. The van der Waals surface area contributed by atoms with E-state index in [1.165, 1.54) is 6.07 Å². The van der Waals surface area contributed by atoms with Crippen molar-refractivity contribution in [2.24, 2.45) is 7.05 Å². The summed E-state index contributed by atoms with van der Waals surface area (Å²) in [6.07, 6.45) is 5.75. The average molecular weight is 405 g/mol. The van der Waals surface area contributed by atoms with E-state index in [-0.39, 0.29) is 30.7 Å². The van der Waals surface area contributed by atoms with Gasteiger partial charge in [0.25, 0.3) is 0 Å². The van der Waals surface area contributed by atoms with E-state index < -0.39 is 0 Å². The molecule has 0 spiro atoms. The fraction of sp³-hybridized carbons (Fsp3) is 0.300. The van der Waals surface area contributed by atoms with Crippen molar-refractivity contribution in [1.82, 2.24) is 20.4 Å². The fourth-order valence-corrected chi connectivity index (χ4v) is 3.51. The molecule has 1 aliphatic rings. The molecule has 2 aromatic rings. The Bertz CT molecular complexity index is 903. The molecule has 3 rings (SSSR count). The molecule has 0 radical (unpaired) electrons. The third-order valence-electron chi connectivity index (χ3n) is 4.58. The number of hydrogen-bond donors (Lipinski definition) is 2. The molecule has 1 aromatic heterocycles. The van der Waals surface area contributed by atoms with Gasteiger partial charge in [0, 0.05) is 31.3 Å². The zero-order chi connectivity index (χ0) is 20.1.